The average molecular weight is 236 g/mol. The number of rotatable bonds is 5. The van der Waals surface area contributed by atoms with Crippen LogP contribution < -0.4 is 10.6 Å². The first-order valence-electron chi connectivity index (χ1n) is 5.32. The second-order valence-electron chi connectivity index (χ2n) is 3.78. The van der Waals surface area contributed by atoms with Gasteiger partial charge in [-0.2, -0.15) is 0 Å². The minimum Gasteiger partial charge on any atom is -0.480 e. The van der Waals surface area contributed by atoms with Gasteiger partial charge >= 0.3 is 5.97 Å². The molecule has 1 unspecified atom stereocenters. The number of carboxylic acid groups (broad SMARTS) is 1. The molecule has 1 rings (SSSR count). The lowest BCUT2D eigenvalue weighted by atomic mass is 10.1. The predicted octanol–water partition coefficient (Wildman–Crippen LogP) is 1.08. The molecule has 1 atom stereocenters. The molecule has 0 spiro atoms. The molecule has 0 aliphatic rings. The molecule has 0 saturated heterocycles. The number of benzene rings is 1. The number of carbonyl (C=O) groups excluding carboxylic acids is 1. The lowest BCUT2D eigenvalue weighted by Gasteiger charge is -2.25. The van der Waals surface area contributed by atoms with E-state index < -0.39 is 17.9 Å². The highest BCUT2D eigenvalue weighted by Crippen LogP contribution is 2.17. The monoisotopic (exact) mass is 236 g/mol. The standard InChI is InChI=1S/C12H16N2O3/c1-3-10(12(16)17)14(2)9-6-4-8(5-7-9)11(13)15/h4-7,10H,3H2,1-2H3,(H2,13,15)(H,16,17). The van der Waals surface area contributed by atoms with Crippen LogP contribution >= 0.6 is 0 Å². The third-order valence-corrected chi connectivity index (χ3v) is 2.70. The van der Waals surface area contributed by atoms with Crippen molar-refractivity contribution in [1.29, 1.82) is 0 Å². The molecule has 0 fully saturated rings. The number of hydrogen-bond acceptors (Lipinski definition) is 3. The molecule has 1 aromatic rings. The summed E-state index contributed by atoms with van der Waals surface area (Å²) in [5.41, 5.74) is 6.28. The van der Waals surface area contributed by atoms with Gasteiger partial charge in [-0.25, -0.2) is 4.79 Å². The normalized spacial score (nSPS) is 11.9. The van der Waals surface area contributed by atoms with Crippen molar-refractivity contribution in [2.45, 2.75) is 19.4 Å². The van der Waals surface area contributed by atoms with Gasteiger partial charge < -0.3 is 15.7 Å². The van der Waals surface area contributed by atoms with Crippen LogP contribution in [0.4, 0.5) is 5.69 Å². The van der Waals surface area contributed by atoms with Crippen molar-refractivity contribution in [3.63, 3.8) is 0 Å². The Morgan fingerprint density at radius 3 is 2.24 bits per heavy atom. The summed E-state index contributed by atoms with van der Waals surface area (Å²) in [6.07, 6.45) is 0.503. The molecule has 1 amide bonds. The van der Waals surface area contributed by atoms with Gasteiger partial charge in [0.25, 0.3) is 0 Å². The second kappa shape index (κ2) is 5.34. The van der Waals surface area contributed by atoms with Crippen LogP contribution in [-0.2, 0) is 4.79 Å². The van der Waals surface area contributed by atoms with Crippen molar-refractivity contribution in [3.05, 3.63) is 29.8 Å². The van der Waals surface area contributed by atoms with E-state index in [0.29, 0.717) is 12.0 Å². The Balaban J connectivity index is 2.92. The first-order chi connectivity index (χ1) is 7.97. The van der Waals surface area contributed by atoms with Crippen LogP contribution in [0.25, 0.3) is 0 Å². The van der Waals surface area contributed by atoms with Gasteiger partial charge in [0.05, 0.1) is 0 Å². The van der Waals surface area contributed by atoms with E-state index in [1.165, 1.54) is 0 Å². The zero-order valence-corrected chi connectivity index (χ0v) is 9.88. The number of hydrogen-bond donors (Lipinski definition) is 2. The molecule has 5 heteroatoms. The SMILES string of the molecule is CCC(C(=O)O)N(C)c1ccc(C(N)=O)cc1. The predicted molar refractivity (Wildman–Crippen MR) is 65.1 cm³/mol. The van der Waals surface area contributed by atoms with Gasteiger partial charge in [0, 0.05) is 18.3 Å². The molecule has 0 bridgehead atoms. The zero-order chi connectivity index (χ0) is 13.0. The Hall–Kier alpha value is -2.04. The van der Waals surface area contributed by atoms with Crippen LogP contribution in [0.2, 0.25) is 0 Å². The van der Waals surface area contributed by atoms with Crippen LogP contribution in [0.1, 0.15) is 23.7 Å². The molecule has 0 saturated carbocycles. The molecule has 0 aliphatic heterocycles. The van der Waals surface area contributed by atoms with E-state index >= 15 is 0 Å². The Morgan fingerprint density at radius 1 is 1.35 bits per heavy atom. The highest BCUT2D eigenvalue weighted by molar-refractivity contribution is 5.93. The number of anilines is 1. The van der Waals surface area contributed by atoms with E-state index in [9.17, 15) is 9.59 Å². The summed E-state index contributed by atoms with van der Waals surface area (Å²) < 4.78 is 0. The average Bonchev–Trinajstić information content (AvgIpc) is 2.29. The minimum atomic E-state index is -0.867. The fraction of sp³-hybridized carbons (Fsp3) is 0.333. The summed E-state index contributed by atoms with van der Waals surface area (Å²) >= 11 is 0. The highest BCUT2D eigenvalue weighted by Gasteiger charge is 2.20. The van der Waals surface area contributed by atoms with Gasteiger partial charge in [-0.05, 0) is 30.7 Å². The molecule has 92 valence electrons. The Morgan fingerprint density at radius 2 is 1.88 bits per heavy atom. The fourth-order valence-electron chi connectivity index (χ4n) is 1.65. The van der Waals surface area contributed by atoms with E-state index in [-0.39, 0.29) is 0 Å². The van der Waals surface area contributed by atoms with E-state index in [2.05, 4.69) is 0 Å². The summed E-state index contributed by atoms with van der Waals surface area (Å²) in [6.45, 7) is 1.81. The molecule has 0 heterocycles. The first-order valence-corrected chi connectivity index (χ1v) is 5.32. The van der Waals surface area contributed by atoms with Gasteiger partial charge in [-0.1, -0.05) is 6.92 Å². The van der Waals surface area contributed by atoms with Crippen molar-refractivity contribution >= 4 is 17.6 Å². The Bertz CT molecular complexity index is 414. The summed E-state index contributed by atoms with van der Waals surface area (Å²) in [6, 6.07) is 5.97. The van der Waals surface area contributed by atoms with E-state index in [4.69, 9.17) is 10.8 Å². The van der Waals surface area contributed by atoms with Gasteiger partial charge in [0.2, 0.25) is 5.91 Å². The van der Waals surface area contributed by atoms with E-state index in [1.54, 1.807) is 36.2 Å². The maximum atomic E-state index is 11.0. The first kappa shape index (κ1) is 13.0. The molecular formula is C12H16N2O3. The van der Waals surface area contributed by atoms with Crippen LogP contribution in [0.3, 0.4) is 0 Å². The summed E-state index contributed by atoms with van der Waals surface area (Å²) in [5, 5.41) is 9.03. The minimum absolute atomic E-state index is 0.408. The molecule has 1 aromatic carbocycles. The van der Waals surface area contributed by atoms with E-state index in [0.717, 1.165) is 5.69 Å². The zero-order valence-electron chi connectivity index (χ0n) is 9.88. The largest absolute Gasteiger partial charge is 0.480 e. The molecule has 0 radical (unpaired) electrons. The quantitative estimate of drug-likeness (QED) is 0.801. The molecule has 0 aromatic heterocycles. The molecule has 3 N–H and O–H groups in total. The lowest BCUT2D eigenvalue weighted by Crippen LogP contribution is -2.37. The van der Waals surface area contributed by atoms with Gasteiger partial charge in [0.1, 0.15) is 6.04 Å². The molecule has 17 heavy (non-hydrogen) atoms. The van der Waals surface area contributed by atoms with Crippen molar-refractivity contribution in [2.24, 2.45) is 5.73 Å². The molecular weight excluding hydrogens is 220 g/mol. The van der Waals surface area contributed by atoms with Gasteiger partial charge in [-0.15, -0.1) is 0 Å². The van der Waals surface area contributed by atoms with Gasteiger partial charge in [-0.3, -0.25) is 4.79 Å². The molecule has 5 nitrogen and oxygen atoms in total. The van der Waals surface area contributed by atoms with Crippen molar-refractivity contribution < 1.29 is 14.7 Å². The lowest BCUT2D eigenvalue weighted by molar-refractivity contribution is -0.138. The number of nitrogens with two attached hydrogens (primary N) is 1. The molecule has 0 aliphatic carbocycles. The summed E-state index contributed by atoms with van der Waals surface area (Å²) in [7, 11) is 1.71. The van der Waals surface area contributed by atoms with Crippen LogP contribution in [0, 0.1) is 0 Å². The van der Waals surface area contributed by atoms with Crippen LogP contribution in [0.5, 0.6) is 0 Å². The number of aliphatic carboxylic acids is 1. The van der Waals surface area contributed by atoms with Crippen molar-refractivity contribution in [3.8, 4) is 0 Å². The van der Waals surface area contributed by atoms with Crippen molar-refractivity contribution in [1.82, 2.24) is 0 Å². The smallest absolute Gasteiger partial charge is 0.326 e. The van der Waals surface area contributed by atoms with Gasteiger partial charge in [0.15, 0.2) is 0 Å². The number of primary amides is 1. The number of amides is 1. The second-order valence-corrected chi connectivity index (χ2v) is 3.78. The maximum Gasteiger partial charge on any atom is 0.326 e. The number of carboxylic acids is 1. The summed E-state index contributed by atoms with van der Waals surface area (Å²) in [5.74, 6) is -1.36. The topological polar surface area (TPSA) is 83.6 Å². The maximum absolute atomic E-state index is 11.0. The summed E-state index contributed by atoms with van der Waals surface area (Å²) in [4.78, 5) is 23.6. The number of nitrogens with zero attached hydrogens (tertiary/aromatic N) is 1. The Kier molecular flexibility index (Phi) is 4.09. The van der Waals surface area contributed by atoms with Crippen LogP contribution in [0.15, 0.2) is 24.3 Å². The Labute approximate surface area is 99.8 Å². The fourth-order valence-corrected chi connectivity index (χ4v) is 1.65. The van der Waals surface area contributed by atoms with Crippen LogP contribution in [-0.4, -0.2) is 30.1 Å². The third-order valence-electron chi connectivity index (χ3n) is 2.70. The van der Waals surface area contributed by atoms with E-state index in [1.807, 2.05) is 6.92 Å². The number of likely N-dealkylation sites (N-methyl/N-ethyl adjacent to an activating group) is 1. The highest BCUT2D eigenvalue weighted by atomic mass is 16.4. The number of carbonyl (C=O) groups is 2. The third kappa shape index (κ3) is 2.96. The van der Waals surface area contributed by atoms with Crippen molar-refractivity contribution in [2.75, 3.05) is 11.9 Å².